The lowest BCUT2D eigenvalue weighted by Gasteiger charge is -2.27. The number of amides is 2. The molecule has 0 spiro atoms. The molecule has 7 heteroatoms. The van der Waals surface area contributed by atoms with Crippen molar-refractivity contribution in [1.82, 2.24) is 10.2 Å². The Morgan fingerprint density at radius 3 is 2.58 bits per heavy atom. The molecule has 0 saturated heterocycles. The van der Waals surface area contributed by atoms with Crippen LogP contribution in [0.1, 0.15) is 44.7 Å². The first-order valence-electron chi connectivity index (χ1n) is 11.6. The predicted molar refractivity (Wildman–Crippen MR) is 135 cm³/mol. The van der Waals surface area contributed by atoms with E-state index < -0.39 is 6.04 Å². The van der Waals surface area contributed by atoms with E-state index in [1.165, 1.54) is 17.3 Å². The molecule has 0 bridgehead atoms. The van der Waals surface area contributed by atoms with Crippen LogP contribution in [0.2, 0.25) is 0 Å². The maximum atomic E-state index is 13.3. The number of carbonyl (C=O) groups is 2. The fraction of sp³-hybridized carbons (Fsp3) is 0.385. The van der Waals surface area contributed by atoms with Gasteiger partial charge < -0.3 is 5.32 Å². The van der Waals surface area contributed by atoms with Crippen molar-refractivity contribution < 1.29 is 9.59 Å². The smallest absolute Gasteiger partial charge is 0.259 e. The molecule has 6 nitrogen and oxygen atoms in total. The lowest BCUT2D eigenvalue weighted by Crippen LogP contribution is -2.43. The van der Waals surface area contributed by atoms with Gasteiger partial charge in [0.2, 0.25) is 5.91 Å². The van der Waals surface area contributed by atoms with Crippen LogP contribution in [0.5, 0.6) is 0 Å². The number of para-hydroxylation sites is 1. The van der Waals surface area contributed by atoms with Gasteiger partial charge in [-0.25, -0.2) is 9.89 Å². The Labute approximate surface area is 199 Å². The van der Waals surface area contributed by atoms with Gasteiger partial charge in [0, 0.05) is 12.1 Å². The molecule has 0 saturated carbocycles. The minimum Gasteiger partial charge on any atom is -0.355 e. The van der Waals surface area contributed by atoms with Crippen LogP contribution in [0.25, 0.3) is 0 Å². The summed E-state index contributed by atoms with van der Waals surface area (Å²) in [6.07, 6.45) is 2.10. The van der Waals surface area contributed by atoms with Crippen molar-refractivity contribution in [3.63, 3.8) is 0 Å². The third kappa shape index (κ3) is 5.19. The molecule has 2 aromatic carbocycles. The molecule has 2 unspecified atom stereocenters. The summed E-state index contributed by atoms with van der Waals surface area (Å²) in [5.41, 5.74) is 2.83. The molecular formula is C26H30N4O2S. The maximum Gasteiger partial charge on any atom is 0.259 e. The van der Waals surface area contributed by atoms with E-state index in [-0.39, 0.29) is 17.1 Å². The van der Waals surface area contributed by atoms with Crippen molar-refractivity contribution >= 4 is 40.3 Å². The highest BCUT2D eigenvalue weighted by atomic mass is 32.2. The summed E-state index contributed by atoms with van der Waals surface area (Å²) in [7, 11) is 0. The Morgan fingerprint density at radius 2 is 1.85 bits per heavy atom. The predicted octanol–water partition coefficient (Wildman–Crippen LogP) is 4.56. The SMILES string of the molecule is CCC(SC1=Nc2ccccc2C2=NC(CC(C)C)C(=O)N12)C(=O)NCCc1ccccc1. The Bertz CT molecular complexity index is 1080. The zero-order valence-electron chi connectivity index (χ0n) is 19.3. The van der Waals surface area contributed by atoms with Crippen molar-refractivity contribution in [2.45, 2.75) is 51.3 Å². The zero-order valence-corrected chi connectivity index (χ0v) is 20.1. The Hall–Kier alpha value is -2.93. The van der Waals surface area contributed by atoms with Crippen LogP contribution >= 0.6 is 11.8 Å². The maximum absolute atomic E-state index is 13.3. The van der Waals surface area contributed by atoms with E-state index >= 15 is 0 Å². The van der Waals surface area contributed by atoms with E-state index in [4.69, 9.17) is 9.98 Å². The monoisotopic (exact) mass is 462 g/mol. The molecule has 0 aromatic heterocycles. The summed E-state index contributed by atoms with van der Waals surface area (Å²) >= 11 is 1.35. The number of benzene rings is 2. The summed E-state index contributed by atoms with van der Waals surface area (Å²) in [6.45, 7) is 6.74. The molecule has 4 rings (SSSR count). The Balaban J connectivity index is 1.51. The van der Waals surface area contributed by atoms with Gasteiger partial charge in [-0.1, -0.05) is 75.0 Å². The number of nitrogens with zero attached hydrogens (tertiary/aromatic N) is 3. The second kappa shape index (κ2) is 10.3. The average molecular weight is 463 g/mol. The molecule has 0 radical (unpaired) electrons. The minimum absolute atomic E-state index is 0.0381. The lowest BCUT2D eigenvalue weighted by molar-refractivity contribution is -0.125. The van der Waals surface area contributed by atoms with Gasteiger partial charge in [-0.3, -0.25) is 14.6 Å². The van der Waals surface area contributed by atoms with Gasteiger partial charge in [-0.05, 0) is 42.9 Å². The third-order valence-electron chi connectivity index (χ3n) is 5.71. The van der Waals surface area contributed by atoms with Gasteiger partial charge >= 0.3 is 0 Å². The lowest BCUT2D eigenvalue weighted by atomic mass is 10.0. The fourth-order valence-corrected chi connectivity index (χ4v) is 5.06. The summed E-state index contributed by atoms with van der Waals surface area (Å²) in [5.74, 6) is 0.910. The van der Waals surface area contributed by atoms with Crippen LogP contribution in [0.15, 0.2) is 64.6 Å². The van der Waals surface area contributed by atoms with Gasteiger partial charge in [0.15, 0.2) is 5.17 Å². The molecule has 2 heterocycles. The number of fused-ring (bicyclic) bond motifs is 3. The highest BCUT2D eigenvalue weighted by Crippen LogP contribution is 2.36. The topological polar surface area (TPSA) is 74.1 Å². The summed E-state index contributed by atoms with van der Waals surface area (Å²) in [4.78, 5) is 37.4. The average Bonchev–Trinajstić information content (AvgIpc) is 3.13. The van der Waals surface area contributed by atoms with Crippen molar-refractivity contribution in [1.29, 1.82) is 0 Å². The Kier molecular flexibility index (Phi) is 7.28. The van der Waals surface area contributed by atoms with E-state index in [0.717, 1.165) is 17.7 Å². The highest BCUT2D eigenvalue weighted by molar-refractivity contribution is 8.15. The number of hydrogen-bond acceptors (Lipinski definition) is 5. The number of thioether (sulfide) groups is 1. The van der Waals surface area contributed by atoms with Gasteiger partial charge in [0.25, 0.3) is 5.91 Å². The molecule has 2 amide bonds. The second-order valence-electron chi connectivity index (χ2n) is 8.72. The van der Waals surface area contributed by atoms with E-state index in [1.54, 1.807) is 4.90 Å². The van der Waals surface area contributed by atoms with Crippen molar-refractivity contribution in [3.05, 3.63) is 65.7 Å². The first-order chi connectivity index (χ1) is 16.0. The summed E-state index contributed by atoms with van der Waals surface area (Å²) < 4.78 is 0. The zero-order chi connectivity index (χ0) is 23.4. The van der Waals surface area contributed by atoms with Crippen LogP contribution in [-0.2, 0) is 16.0 Å². The quantitative estimate of drug-likeness (QED) is 0.625. The van der Waals surface area contributed by atoms with Gasteiger partial charge in [-0.2, -0.15) is 0 Å². The molecule has 33 heavy (non-hydrogen) atoms. The fourth-order valence-electron chi connectivity index (χ4n) is 4.02. The van der Waals surface area contributed by atoms with E-state index in [2.05, 4.69) is 31.3 Å². The molecule has 2 aromatic rings. The van der Waals surface area contributed by atoms with Crippen LogP contribution in [0.4, 0.5) is 5.69 Å². The molecule has 172 valence electrons. The van der Waals surface area contributed by atoms with E-state index in [9.17, 15) is 9.59 Å². The number of aliphatic imine (C=N–C) groups is 2. The summed E-state index contributed by atoms with van der Waals surface area (Å²) in [5, 5.41) is 3.24. The largest absolute Gasteiger partial charge is 0.355 e. The van der Waals surface area contributed by atoms with Crippen LogP contribution in [0.3, 0.4) is 0 Å². The van der Waals surface area contributed by atoms with Gasteiger partial charge in [0.05, 0.1) is 10.9 Å². The van der Waals surface area contributed by atoms with Gasteiger partial charge in [-0.15, -0.1) is 0 Å². The molecule has 2 aliphatic heterocycles. The van der Waals surface area contributed by atoms with Crippen LogP contribution in [-0.4, -0.2) is 45.6 Å². The first kappa shape index (κ1) is 23.2. The van der Waals surface area contributed by atoms with Crippen molar-refractivity contribution in [2.75, 3.05) is 6.54 Å². The molecule has 2 aliphatic rings. The number of nitrogens with one attached hydrogen (secondary N) is 1. The number of hydrogen-bond donors (Lipinski definition) is 1. The van der Waals surface area contributed by atoms with Crippen molar-refractivity contribution in [3.8, 4) is 0 Å². The molecule has 2 atom stereocenters. The molecule has 1 N–H and O–H groups in total. The standard InChI is InChI=1S/C26H30N4O2S/c1-4-22(24(31)27-15-14-18-10-6-5-7-11-18)33-26-29-20-13-9-8-12-19(20)23-28-21(16-17(2)3)25(32)30(23)26/h5-13,17,21-22H,4,14-16H2,1-3H3,(H,27,31). The van der Waals surface area contributed by atoms with Crippen LogP contribution in [0, 0.1) is 5.92 Å². The van der Waals surface area contributed by atoms with E-state index in [0.29, 0.717) is 36.3 Å². The van der Waals surface area contributed by atoms with Crippen LogP contribution < -0.4 is 5.32 Å². The highest BCUT2D eigenvalue weighted by Gasteiger charge is 2.42. The molecule has 0 fully saturated rings. The number of carbonyl (C=O) groups excluding carboxylic acids is 2. The third-order valence-corrected chi connectivity index (χ3v) is 7.03. The Morgan fingerprint density at radius 1 is 1.12 bits per heavy atom. The number of rotatable bonds is 8. The number of amidine groups is 2. The molecular weight excluding hydrogens is 432 g/mol. The van der Waals surface area contributed by atoms with Crippen molar-refractivity contribution in [2.24, 2.45) is 15.9 Å². The minimum atomic E-state index is -0.406. The molecule has 0 aliphatic carbocycles. The summed E-state index contributed by atoms with van der Waals surface area (Å²) in [6, 6.07) is 17.4. The second-order valence-corrected chi connectivity index (χ2v) is 9.89. The normalized spacial score (nSPS) is 17.9. The van der Waals surface area contributed by atoms with Gasteiger partial charge in [0.1, 0.15) is 11.9 Å². The van der Waals surface area contributed by atoms with E-state index in [1.807, 2.05) is 49.4 Å². The first-order valence-corrected chi connectivity index (χ1v) is 12.4.